The monoisotopic (exact) mass is 311 g/mol. The lowest BCUT2D eigenvalue weighted by Gasteiger charge is -2.08. The molecule has 0 saturated heterocycles. The first-order valence-corrected chi connectivity index (χ1v) is 7.03. The van der Waals surface area contributed by atoms with Crippen molar-refractivity contribution in [2.45, 2.75) is 13.5 Å². The molecule has 0 radical (unpaired) electrons. The Labute approximate surface area is 132 Å². The molecule has 2 aromatic carbocycles. The van der Waals surface area contributed by atoms with Gasteiger partial charge in [0.2, 0.25) is 0 Å². The number of aromatic carboxylic acids is 1. The van der Waals surface area contributed by atoms with E-state index in [0.29, 0.717) is 12.2 Å². The van der Waals surface area contributed by atoms with Crippen LogP contribution in [0.5, 0.6) is 0 Å². The number of rotatable bonds is 4. The van der Waals surface area contributed by atoms with E-state index in [2.05, 4.69) is 10.3 Å². The van der Waals surface area contributed by atoms with Gasteiger partial charge in [-0.05, 0) is 30.7 Å². The number of hydrogen-bond acceptors (Lipinski definition) is 3. The molecule has 6 heteroatoms. The number of aromatic nitrogens is 3. The summed E-state index contributed by atoms with van der Waals surface area (Å²) in [5.74, 6) is -1.45. The van der Waals surface area contributed by atoms with Gasteiger partial charge in [-0.15, -0.1) is 5.10 Å². The fraction of sp³-hybridized carbons (Fsp3) is 0.118. The molecule has 0 atom stereocenters. The summed E-state index contributed by atoms with van der Waals surface area (Å²) in [5.41, 5.74) is 2.88. The molecule has 0 spiro atoms. The van der Waals surface area contributed by atoms with Crippen molar-refractivity contribution in [1.82, 2.24) is 15.0 Å². The predicted octanol–water partition coefficient (Wildman–Crippen LogP) is 3.14. The van der Waals surface area contributed by atoms with Gasteiger partial charge in [0.05, 0.1) is 6.54 Å². The van der Waals surface area contributed by atoms with Crippen LogP contribution in [0.2, 0.25) is 0 Å². The summed E-state index contributed by atoms with van der Waals surface area (Å²) in [5, 5.41) is 17.1. The molecule has 116 valence electrons. The van der Waals surface area contributed by atoms with E-state index in [0.717, 1.165) is 16.7 Å². The summed E-state index contributed by atoms with van der Waals surface area (Å²) in [7, 11) is 0. The van der Waals surface area contributed by atoms with Crippen molar-refractivity contribution in [3.8, 4) is 11.3 Å². The molecule has 0 fully saturated rings. The number of aryl methyl sites for hydroxylation is 1. The van der Waals surface area contributed by atoms with Crippen LogP contribution in [0, 0.1) is 12.7 Å². The van der Waals surface area contributed by atoms with Crippen LogP contribution in [-0.2, 0) is 6.54 Å². The second-order valence-electron chi connectivity index (χ2n) is 5.25. The number of carbonyl (C=O) groups is 1. The zero-order valence-corrected chi connectivity index (χ0v) is 12.4. The third kappa shape index (κ3) is 3.11. The lowest BCUT2D eigenvalue weighted by atomic mass is 10.1. The van der Waals surface area contributed by atoms with Crippen molar-refractivity contribution < 1.29 is 14.3 Å². The Balaban J connectivity index is 2.07. The van der Waals surface area contributed by atoms with Crippen LogP contribution < -0.4 is 0 Å². The summed E-state index contributed by atoms with van der Waals surface area (Å²) in [6, 6.07) is 13.5. The molecule has 0 amide bonds. The SMILES string of the molecule is Cc1cccc(-c2c(C(=O)O)nnn2Cc2ccc(F)cc2)c1. The Morgan fingerprint density at radius 1 is 1.22 bits per heavy atom. The molecule has 0 saturated carbocycles. The van der Waals surface area contributed by atoms with Gasteiger partial charge in [0.1, 0.15) is 11.5 Å². The molecule has 0 aliphatic carbocycles. The van der Waals surface area contributed by atoms with Crippen molar-refractivity contribution in [3.05, 3.63) is 71.2 Å². The van der Waals surface area contributed by atoms with Gasteiger partial charge in [0, 0.05) is 5.56 Å². The molecule has 5 nitrogen and oxygen atoms in total. The molecule has 23 heavy (non-hydrogen) atoms. The summed E-state index contributed by atoms with van der Waals surface area (Å²) in [6.45, 7) is 2.24. The Morgan fingerprint density at radius 3 is 2.61 bits per heavy atom. The van der Waals surface area contributed by atoms with Crippen LogP contribution in [0.15, 0.2) is 48.5 Å². The average molecular weight is 311 g/mol. The van der Waals surface area contributed by atoms with Gasteiger partial charge in [-0.1, -0.05) is 41.1 Å². The first-order chi connectivity index (χ1) is 11.0. The van der Waals surface area contributed by atoms with Crippen LogP contribution in [-0.4, -0.2) is 26.1 Å². The Hall–Kier alpha value is -3.02. The normalized spacial score (nSPS) is 10.7. The van der Waals surface area contributed by atoms with Crippen LogP contribution in [0.4, 0.5) is 4.39 Å². The maximum Gasteiger partial charge on any atom is 0.358 e. The van der Waals surface area contributed by atoms with Crippen molar-refractivity contribution >= 4 is 5.97 Å². The van der Waals surface area contributed by atoms with Crippen molar-refractivity contribution in [3.63, 3.8) is 0 Å². The highest BCUT2D eigenvalue weighted by Crippen LogP contribution is 2.24. The third-order valence-corrected chi connectivity index (χ3v) is 3.47. The van der Waals surface area contributed by atoms with Crippen molar-refractivity contribution in [2.75, 3.05) is 0 Å². The smallest absolute Gasteiger partial charge is 0.358 e. The minimum absolute atomic E-state index is 0.0993. The number of carboxylic acid groups (broad SMARTS) is 1. The van der Waals surface area contributed by atoms with E-state index < -0.39 is 5.97 Å². The number of benzene rings is 2. The third-order valence-electron chi connectivity index (χ3n) is 3.47. The predicted molar refractivity (Wildman–Crippen MR) is 82.7 cm³/mol. The highest BCUT2D eigenvalue weighted by atomic mass is 19.1. The van der Waals surface area contributed by atoms with E-state index in [1.807, 2.05) is 31.2 Å². The highest BCUT2D eigenvalue weighted by molar-refractivity contribution is 5.92. The van der Waals surface area contributed by atoms with Crippen LogP contribution in [0.25, 0.3) is 11.3 Å². The molecule has 0 unspecified atom stereocenters. The lowest BCUT2D eigenvalue weighted by molar-refractivity contribution is 0.0691. The summed E-state index contributed by atoms with van der Waals surface area (Å²) >= 11 is 0. The van der Waals surface area contributed by atoms with E-state index in [-0.39, 0.29) is 11.5 Å². The molecular weight excluding hydrogens is 297 g/mol. The van der Waals surface area contributed by atoms with Gasteiger partial charge < -0.3 is 5.11 Å². The Bertz CT molecular complexity index is 857. The largest absolute Gasteiger partial charge is 0.476 e. The summed E-state index contributed by atoms with van der Waals surface area (Å²) in [4.78, 5) is 11.4. The zero-order chi connectivity index (χ0) is 16.4. The van der Waals surface area contributed by atoms with Crippen LogP contribution in [0.1, 0.15) is 21.6 Å². The number of carboxylic acids is 1. The minimum Gasteiger partial charge on any atom is -0.476 e. The topological polar surface area (TPSA) is 68.0 Å². The number of hydrogen-bond donors (Lipinski definition) is 1. The number of nitrogens with zero attached hydrogens (tertiary/aromatic N) is 3. The molecule has 0 aliphatic heterocycles. The van der Waals surface area contributed by atoms with Crippen LogP contribution >= 0.6 is 0 Å². The summed E-state index contributed by atoms with van der Waals surface area (Å²) < 4.78 is 14.5. The first-order valence-electron chi connectivity index (χ1n) is 7.03. The Kier molecular flexibility index (Phi) is 3.89. The van der Waals surface area contributed by atoms with Gasteiger partial charge in [-0.2, -0.15) is 0 Å². The molecular formula is C17H14FN3O2. The molecule has 1 aromatic heterocycles. The Morgan fingerprint density at radius 2 is 1.96 bits per heavy atom. The molecule has 0 bridgehead atoms. The zero-order valence-electron chi connectivity index (χ0n) is 12.4. The minimum atomic E-state index is -1.13. The molecule has 1 heterocycles. The highest BCUT2D eigenvalue weighted by Gasteiger charge is 2.20. The van der Waals surface area contributed by atoms with Crippen LogP contribution in [0.3, 0.4) is 0 Å². The fourth-order valence-corrected chi connectivity index (χ4v) is 2.41. The van der Waals surface area contributed by atoms with Crippen molar-refractivity contribution in [2.24, 2.45) is 0 Å². The maximum absolute atomic E-state index is 13.0. The molecule has 3 rings (SSSR count). The van der Waals surface area contributed by atoms with Crippen molar-refractivity contribution in [1.29, 1.82) is 0 Å². The molecule has 0 aliphatic rings. The van der Waals surface area contributed by atoms with E-state index >= 15 is 0 Å². The van der Waals surface area contributed by atoms with Gasteiger partial charge in [-0.3, -0.25) is 0 Å². The van der Waals surface area contributed by atoms with E-state index in [9.17, 15) is 14.3 Å². The van der Waals surface area contributed by atoms with Gasteiger partial charge in [-0.25, -0.2) is 13.9 Å². The lowest BCUT2D eigenvalue weighted by Crippen LogP contribution is -2.06. The first kappa shape index (κ1) is 14.9. The standard InChI is InChI=1S/C17H14FN3O2/c1-11-3-2-4-13(9-11)16-15(17(22)23)19-20-21(16)10-12-5-7-14(18)8-6-12/h2-9H,10H2,1H3,(H,22,23). The maximum atomic E-state index is 13.0. The van der Waals surface area contributed by atoms with E-state index in [1.54, 1.807) is 12.1 Å². The number of halogens is 1. The molecule has 3 aromatic rings. The molecule has 1 N–H and O–H groups in total. The van der Waals surface area contributed by atoms with E-state index in [1.165, 1.54) is 16.8 Å². The quantitative estimate of drug-likeness (QED) is 0.803. The van der Waals surface area contributed by atoms with Gasteiger partial charge >= 0.3 is 5.97 Å². The van der Waals surface area contributed by atoms with Gasteiger partial charge in [0.15, 0.2) is 5.69 Å². The average Bonchev–Trinajstić information content (AvgIpc) is 2.93. The second-order valence-corrected chi connectivity index (χ2v) is 5.25. The van der Waals surface area contributed by atoms with Gasteiger partial charge in [0.25, 0.3) is 0 Å². The second kappa shape index (κ2) is 6.00. The fourth-order valence-electron chi connectivity index (χ4n) is 2.41. The van der Waals surface area contributed by atoms with E-state index in [4.69, 9.17) is 0 Å². The summed E-state index contributed by atoms with van der Waals surface area (Å²) in [6.07, 6.45) is 0.